The van der Waals surface area contributed by atoms with Crippen molar-refractivity contribution >= 4 is 23.1 Å². The van der Waals surface area contributed by atoms with Crippen molar-refractivity contribution in [1.82, 2.24) is 9.55 Å². The minimum Gasteiger partial charge on any atom is -0.454 e. The highest BCUT2D eigenvalue weighted by Gasteiger charge is 2.27. The van der Waals surface area contributed by atoms with E-state index in [0.717, 1.165) is 12.8 Å². The Labute approximate surface area is 107 Å². The third-order valence-corrected chi connectivity index (χ3v) is 3.63. The predicted octanol–water partition coefficient (Wildman–Crippen LogP) is 2.12. The molecule has 2 aliphatic rings. The summed E-state index contributed by atoms with van der Waals surface area (Å²) in [5.41, 5.74) is 0.653. The van der Waals surface area contributed by atoms with Crippen molar-refractivity contribution in [1.29, 1.82) is 0 Å². The van der Waals surface area contributed by atoms with Gasteiger partial charge in [0.05, 0.1) is 10.9 Å². The molecule has 1 N–H and O–H groups in total. The van der Waals surface area contributed by atoms with Gasteiger partial charge in [-0.05, 0) is 31.1 Å². The molecule has 0 radical (unpaired) electrons. The van der Waals surface area contributed by atoms with Crippen molar-refractivity contribution < 1.29 is 9.47 Å². The summed E-state index contributed by atoms with van der Waals surface area (Å²) in [7, 11) is 0. The molecule has 0 spiro atoms. The second-order valence-corrected chi connectivity index (χ2v) is 4.97. The number of rotatable bonds is 1. The Morgan fingerprint density at radius 1 is 1.28 bits per heavy atom. The monoisotopic (exact) mass is 262 g/mol. The van der Waals surface area contributed by atoms with Crippen molar-refractivity contribution in [3.8, 4) is 11.5 Å². The minimum absolute atomic E-state index is 0.0467. The maximum atomic E-state index is 12.4. The molecule has 0 bridgehead atoms. The molecule has 1 aromatic carbocycles. The third-order valence-electron chi connectivity index (χ3n) is 3.33. The van der Waals surface area contributed by atoms with Gasteiger partial charge in [-0.25, -0.2) is 0 Å². The minimum atomic E-state index is -0.0467. The Hall–Kier alpha value is -1.82. The number of nitrogens with one attached hydrogen (secondary N) is 1. The van der Waals surface area contributed by atoms with Gasteiger partial charge in [-0.3, -0.25) is 9.36 Å². The highest BCUT2D eigenvalue weighted by molar-refractivity contribution is 7.71. The van der Waals surface area contributed by atoms with Gasteiger partial charge in [-0.2, -0.15) is 0 Å². The zero-order valence-electron chi connectivity index (χ0n) is 9.43. The van der Waals surface area contributed by atoms with Crippen LogP contribution in [0.3, 0.4) is 0 Å². The van der Waals surface area contributed by atoms with Crippen LogP contribution in [-0.2, 0) is 0 Å². The van der Waals surface area contributed by atoms with Crippen molar-refractivity contribution in [2.24, 2.45) is 0 Å². The highest BCUT2D eigenvalue weighted by atomic mass is 32.1. The topological polar surface area (TPSA) is 56.2 Å². The first-order valence-corrected chi connectivity index (χ1v) is 6.23. The van der Waals surface area contributed by atoms with Crippen LogP contribution >= 0.6 is 12.2 Å². The van der Waals surface area contributed by atoms with E-state index in [0.29, 0.717) is 27.2 Å². The first-order chi connectivity index (χ1) is 8.74. The van der Waals surface area contributed by atoms with E-state index in [-0.39, 0.29) is 18.4 Å². The Bertz CT molecular complexity index is 773. The van der Waals surface area contributed by atoms with Crippen LogP contribution in [0.5, 0.6) is 11.5 Å². The average molecular weight is 262 g/mol. The SMILES string of the molecule is O=c1c2cc3c(cc2[nH]c(=S)n1C1CC1)OCO3. The molecule has 0 unspecified atom stereocenters. The summed E-state index contributed by atoms with van der Waals surface area (Å²) >= 11 is 5.25. The lowest BCUT2D eigenvalue weighted by molar-refractivity contribution is 0.174. The molecule has 0 atom stereocenters. The molecule has 6 heteroatoms. The first kappa shape index (κ1) is 10.1. The number of nitrogens with zero attached hydrogens (tertiary/aromatic N) is 1. The molecule has 4 rings (SSSR count). The normalized spacial score (nSPS) is 17.3. The fourth-order valence-electron chi connectivity index (χ4n) is 2.28. The van der Waals surface area contributed by atoms with Gasteiger partial charge in [0.2, 0.25) is 6.79 Å². The molecular formula is C12H10N2O3S. The molecule has 1 fully saturated rings. The van der Waals surface area contributed by atoms with Crippen molar-refractivity contribution in [2.75, 3.05) is 6.79 Å². The number of fused-ring (bicyclic) bond motifs is 2. The van der Waals surface area contributed by atoms with Crippen molar-refractivity contribution in [2.45, 2.75) is 18.9 Å². The van der Waals surface area contributed by atoms with Crippen LogP contribution < -0.4 is 15.0 Å². The van der Waals surface area contributed by atoms with Gasteiger partial charge >= 0.3 is 0 Å². The summed E-state index contributed by atoms with van der Waals surface area (Å²) in [6, 6.07) is 3.76. The fraction of sp³-hybridized carbons (Fsp3) is 0.333. The quantitative estimate of drug-likeness (QED) is 0.800. The van der Waals surface area contributed by atoms with Crippen LogP contribution in [0.1, 0.15) is 18.9 Å². The standard InChI is InChI=1S/C12H10N2O3S/c15-11-7-3-9-10(17-5-16-9)4-8(7)13-12(18)14(11)6-1-2-6/h3-4,6H,1-2,5H2,(H,13,18). The lowest BCUT2D eigenvalue weighted by Crippen LogP contribution is -2.21. The molecule has 1 aromatic heterocycles. The number of benzene rings is 1. The van der Waals surface area contributed by atoms with E-state index in [4.69, 9.17) is 21.7 Å². The van der Waals surface area contributed by atoms with Crippen LogP contribution in [0.4, 0.5) is 0 Å². The first-order valence-electron chi connectivity index (χ1n) is 5.82. The zero-order valence-corrected chi connectivity index (χ0v) is 10.3. The molecule has 0 saturated heterocycles. The summed E-state index contributed by atoms with van der Waals surface area (Å²) < 4.78 is 12.7. The molecule has 1 aliphatic carbocycles. The highest BCUT2D eigenvalue weighted by Crippen LogP contribution is 2.36. The molecule has 2 aromatic rings. The summed E-state index contributed by atoms with van der Waals surface area (Å²) in [6.45, 7) is 0.198. The van der Waals surface area contributed by atoms with E-state index < -0.39 is 0 Å². The van der Waals surface area contributed by atoms with Crippen molar-refractivity contribution in [3.63, 3.8) is 0 Å². The van der Waals surface area contributed by atoms with Gasteiger partial charge in [0, 0.05) is 12.1 Å². The van der Waals surface area contributed by atoms with E-state index >= 15 is 0 Å². The van der Waals surface area contributed by atoms with Crippen LogP contribution in [-0.4, -0.2) is 16.3 Å². The average Bonchev–Trinajstić information content (AvgIpc) is 3.06. The van der Waals surface area contributed by atoms with E-state index in [1.165, 1.54) is 0 Å². The van der Waals surface area contributed by atoms with Gasteiger partial charge in [0.1, 0.15) is 0 Å². The maximum Gasteiger partial charge on any atom is 0.262 e. The Kier molecular flexibility index (Phi) is 1.89. The molecule has 5 nitrogen and oxygen atoms in total. The van der Waals surface area contributed by atoms with Gasteiger partial charge in [0.15, 0.2) is 16.3 Å². The molecule has 1 aliphatic heterocycles. The van der Waals surface area contributed by atoms with Gasteiger partial charge in [0.25, 0.3) is 5.56 Å². The van der Waals surface area contributed by atoms with Gasteiger partial charge in [-0.1, -0.05) is 0 Å². The summed E-state index contributed by atoms with van der Waals surface area (Å²) in [5, 5.41) is 0.597. The number of hydrogen-bond donors (Lipinski definition) is 1. The largest absolute Gasteiger partial charge is 0.454 e. The zero-order chi connectivity index (χ0) is 12.3. The van der Waals surface area contributed by atoms with E-state index in [2.05, 4.69) is 4.98 Å². The number of H-pyrrole nitrogens is 1. The number of aromatic amines is 1. The van der Waals surface area contributed by atoms with Crippen LogP contribution in [0, 0.1) is 4.77 Å². The van der Waals surface area contributed by atoms with E-state index in [9.17, 15) is 4.79 Å². The molecule has 2 heterocycles. The molecule has 0 amide bonds. The Morgan fingerprint density at radius 2 is 2.00 bits per heavy atom. The molecule has 1 saturated carbocycles. The Balaban J connectivity index is 2.10. The van der Waals surface area contributed by atoms with Crippen LogP contribution in [0.15, 0.2) is 16.9 Å². The predicted molar refractivity (Wildman–Crippen MR) is 67.8 cm³/mol. The van der Waals surface area contributed by atoms with Gasteiger partial charge in [-0.15, -0.1) is 0 Å². The molecule has 92 valence electrons. The third kappa shape index (κ3) is 1.32. The Morgan fingerprint density at radius 3 is 2.72 bits per heavy atom. The summed E-state index contributed by atoms with van der Waals surface area (Å²) in [6.07, 6.45) is 2.04. The van der Waals surface area contributed by atoms with Gasteiger partial charge < -0.3 is 14.5 Å². The summed E-state index contributed by atoms with van der Waals surface area (Å²) in [5.74, 6) is 1.27. The smallest absolute Gasteiger partial charge is 0.262 e. The molecular weight excluding hydrogens is 252 g/mol. The van der Waals surface area contributed by atoms with E-state index in [1.807, 2.05) is 0 Å². The fourth-order valence-corrected chi connectivity index (χ4v) is 2.63. The molecule has 18 heavy (non-hydrogen) atoms. The van der Waals surface area contributed by atoms with Crippen LogP contribution in [0.25, 0.3) is 10.9 Å². The second-order valence-electron chi connectivity index (χ2n) is 4.59. The van der Waals surface area contributed by atoms with Crippen LogP contribution in [0.2, 0.25) is 0 Å². The number of aromatic nitrogens is 2. The van der Waals surface area contributed by atoms with E-state index in [1.54, 1.807) is 16.7 Å². The number of ether oxygens (including phenoxy) is 2. The summed E-state index contributed by atoms with van der Waals surface area (Å²) in [4.78, 5) is 15.5. The number of hydrogen-bond acceptors (Lipinski definition) is 4. The lowest BCUT2D eigenvalue weighted by atomic mass is 10.2. The maximum absolute atomic E-state index is 12.4. The van der Waals surface area contributed by atoms with Crippen molar-refractivity contribution in [3.05, 3.63) is 27.3 Å². The lowest BCUT2D eigenvalue weighted by Gasteiger charge is -2.07. The second kappa shape index (κ2) is 3.35.